The average molecular weight is 166 g/mol. The van der Waals surface area contributed by atoms with Crippen LogP contribution in [-0.2, 0) is 0 Å². The maximum absolute atomic E-state index is 3.99. The molecule has 5 heteroatoms. The van der Waals surface area contributed by atoms with Crippen LogP contribution in [0.25, 0.3) is 11.2 Å². The monoisotopic (exact) mass is 166 g/mol. The average Bonchev–Trinajstić information content (AvgIpc) is 2.05. The van der Waals surface area contributed by atoms with Gasteiger partial charge in [-0.05, 0) is 0 Å². The third-order valence-corrected chi connectivity index (χ3v) is 1.15. The van der Waals surface area contributed by atoms with Gasteiger partial charge in [0.05, 0.1) is 6.20 Å². The Morgan fingerprint density at radius 3 is 2.64 bits per heavy atom. The second kappa shape index (κ2) is 3.25. The summed E-state index contributed by atoms with van der Waals surface area (Å²) in [5, 5.41) is 0. The molecule has 2 aromatic heterocycles. The maximum atomic E-state index is 3.99. The minimum atomic E-state index is 0. The van der Waals surface area contributed by atoms with E-state index in [1.165, 1.54) is 6.33 Å². The van der Waals surface area contributed by atoms with Gasteiger partial charge in [0, 0.05) is 12.4 Å². The van der Waals surface area contributed by atoms with Gasteiger partial charge in [-0.2, -0.15) is 13.5 Å². The highest BCUT2D eigenvalue weighted by Gasteiger charge is 1.90. The fourth-order valence-corrected chi connectivity index (χ4v) is 0.724. The van der Waals surface area contributed by atoms with Crippen LogP contribution in [-0.4, -0.2) is 19.9 Å². The number of hydrogen-bond donors (Lipinski definition) is 0. The molecule has 0 aliphatic heterocycles. The standard InChI is InChI=1S/C6H4N4.H2S/c1-2-9-6-5(8-1)3-7-4-10-6;/h1-4H;1H2. The largest absolute Gasteiger partial charge is 0.250 e. The predicted octanol–water partition coefficient (Wildman–Crippen LogP) is 0.533. The highest BCUT2D eigenvalue weighted by Crippen LogP contribution is 1.98. The Labute approximate surface area is 70.2 Å². The second-order valence-corrected chi connectivity index (χ2v) is 1.79. The predicted molar refractivity (Wildman–Crippen MR) is 45.5 cm³/mol. The molecule has 0 bridgehead atoms. The molecule has 0 radical (unpaired) electrons. The summed E-state index contributed by atoms with van der Waals surface area (Å²) < 4.78 is 0. The van der Waals surface area contributed by atoms with Crippen molar-refractivity contribution in [1.29, 1.82) is 0 Å². The molecule has 56 valence electrons. The summed E-state index contributed by atoms with van der Waals surface area (Å²) in [7, 11) is 0. The molecule has 2 rings (SSSR count). The molecule has 0 atom stereocenters. The summed E-state index contributed by atoms with van der Waals surface area (Å²) >= 11 is 0. The van der Waals surface area contributed by atoms with Crippen LogP contribution < -0.4 is 0 Å². The molecule has 0 N–H and O–H groups in total. The zero-order chi connectivity index (χ0) is 6.81. The summed E-state index contributed by atoms with van der Waals surface area (Å²) in [6, 6.07) is 0. The normalized spacial score (nSPS) is 9.09. The molecule has 0 aliphatic rings. The van der Waals surface area contributed by atoms with Crippen LogP contribution in [0.5, 0.6) is 0 Å². The molecule has 2 heterocycles. The lowest BCUT2D eigenvalue weighted by atomic mass is 10.5. The van der Waals surface area contributed by atoms with Gasteiger partial charge < -0.3 is 0 Å². The smallest absolute Gasteiger partial charge is 0.181 e. The topological polar surface area (TPSA) is 51.6 Å². The Bertz CT molecular complexity index is 286. The van der Waals surface area contributed by atoms with Gasteiger partial charge in [0.25, 0.3) is 0 Å². The van der Waals surface area contributed by atoms with E-state index in [1.807, 2.05) is 0 Å². The van der Waals surface area contributed by atoms with Crippen molar-refractivity contribution in [3.05, 3.63) is 24.9 Å². The number of hydrogen-bond acceptors (Lipinski definition) is 4. The molecule has 4 nitrogen and oxygen atoms in total. The molecule has 0 amide bonds. The Morgan fingerprint density at radius 2 is 1.82 bits per heavy atom. The second-order valence-electron chi connectivity index (χ2n) is 1.79. The van der Waals surface area contributed by atoms with Crippen LogP contribution in [0, 0.1) is 0 Å². The van der Waals surface area contributed by atoms with Crippen molar-refractivity contribution in [2.24, 2.45) is 0 Å². The molecular formula is C6H6N4S. The zero-order valence-electron chi connectivity index (χ0n) is 5.60. The number of nitrogens with zero attached hydrogens (tertiary/aromatic N) is 4. The van der Waals surface area contributed by atoms with E-state index in [4.69, 9.17) is 0 Å². The molecule has 0 saturated heterocycles. The molecular weight excluding hydrogens is 160 g/mol. The first-order valence-corrected chi connectivity index (χ1v) is 2.83. The molecule has 0 spiro atoms. The minimum absolute atomic E-state index is 0. The lowest BCUT2D eigenvalue weighted by molar-refractivity contribution is 1.15. The summed E-state index contributed by atoms with van der Waals surface area (Å²) in [6.45, 7) is 0. The van der Waals surface area contributed by atoms with Gasteiger partial charge in [-0.3, -0.25) is 0 Å². The van der Waals surface area contributed by atoms with E-state index in [-0.39, 0.29) is 13.5 Å². The summed E-state index contributed by atoms with van der Waals surface area (Å²) in [5.41, 5.74) is 1.36. The molecule has 0 aliphatic carbocycles. The van der Waals surface area contributed by atoms with Crippen molar-refractivity contribution in [2.75, 3.05) is 0 Å². The highest BCUT2D eigenvalue weighted by atomic mass is 32.1. The van der Waals surface area contributed by atoms with Crippen LogP contribution in [0.4, 0.5) is 0 Å². The van der Waals surface area contributed by atoms with Crippen LogP contribution in [0.1, 0.15) is 0 Å². The summed E-state index contributed by atoms with van der Waals surface area (Å²) in [4.78, 5) is 15.7. The van der Waals surface area contributed by atoms with E-state index in [2.05, 4.69) is 19.9 Å². The van der Waals surface area contributed by atoms with Crippen molar-refractivity contribution >= 4 is 24.7 Å². The lowest BCUT2D eigenvalue weighted by Gasteiger charge is -1.89. The first kappa shape index (κ1) is 7.87. The van der Waals surface area contributed by atoms with E-state index in [1.54, 1.807) is 18.6 Å². The van der Waals surface area contributed by atoms with Crippen LogP contribution in [0.3, 0.4) is 0 Å². The first-order valence-electron chi connectivity index (χ1n) is 2.83. The fourth-order valence-electron chi connectivity index (χ4n) is 0.724. The zero-order valence-corrected chi connectivity index (χ0v) is 6.60. The van der Waals surface area contributed by atoms with Crippen LogP contribution in [0.2, 0.25) is 0 Å². The summed E-state index contributed by atoms with van der Waals surface area (Å²) in [5.74, 6) is 0. The number of rotatable bonds is 0. The molecule has 0 fully saturated rings. The van der Waals surface area contributed by atoms with E-state index in [9.17, 15) is 0 Å². The molecule has 0 saturated carbocycles. The van der Waals surface area contributed by atoms with Crippen molar-refractivity contribution in [3.8, 4) is 0 Å². The Kier molecular flexibility index (Phi) is 2.32. The van der Waals surface area contributed by atoms with E-state index in [0.29, 0.717) is 5.65 Å². The Balaban J connectivity index is 0.000000605. The third kappa shape index (κ3) is 1.43. The van der Waals surface area contributed by atoms with Crippen molar-refractivity contribution in [3.63, 3.8) is 0 Å². The molecule has 0 aromatic carbocycles. The van der Waals surface area contributed by atoms with E-state index in [0.717, 1.165) is 5.52 Å². The number of fused-ring (bicyclic) bond motifs is 1. The molecule has 2 aromatic rings. The lowest BCUT2D eigenvalue weighted by Crippen LogP contribution is -1.85. The molecule has 0 unspecified atom stereocenters. The Hall–Kier alpha value is -1.23. The van der Waals surface area contributed by atoms with Crippen LogP contribution in [0.15, 0.2) is 24.9 Å². The van der Waals surface area contributed by atoms with Crippen molar-refractivity contribution in [2.45, 2.75) is 0 Å². The minimum Gasteiger partial charge on any atom is -0.250 e. The van der Waals surface area contributed by atoms with E-state index >= 15 is 0 Å². The number of aromatic nitrogens is 4. The molecule has 11 heavy (non-hydrogen) atoms. The van der Waals surface area contributed by atoms with Gasteiger partial charge >= 0.3 is 0 Å². The third-order valence-electron chi connectivity index (χ3n) is 1.15. The van der Waals surface area contributed by atoms with Gasteiger partial charge in [0.1, 0.15) is 11.8 Å². The van der Waals surface area contributed by atoms with E-state index < -0.39 is 0 Å². The van der Waals surface area contributed by atoms with Gasteiger partial charge in [0.2, 0.25) is 0 Å². The first-order chi connectivity index (χ1) is 4.97. The van der Waals surface area contributed by atoms with Gasteiger partial charge in [-0.1, -0.05) is 0 Å². The van der Waals surface area contributed by atoms with Crippen molar-refractivity contribution < 1.29 is 0 Å². The highest BCUT2D eigenvalue weighted by molar-refractivity contribution is 7.59. The van der Waals surface area contributed by atoms with Crippen molar-refractivity contribution in [1.82, 2.24) is 19.9 Å². The van der Waals surface area contributed by atoms with Gasteiger partial charge in [0.15, 0.2) is 5.65 Å². The Morgan fingerprint density at radius 1 is 1.00 bits per heavy atom. The van der Waals surface area contributed by atoms with Gasteiger partial charge in [-0.15, -0.1) is 0 Å². The summed E-state index contributed by atoms with van der Waals surface area (Å²) in [6.07, 6.45) is 6.31. The fraction of sp³-hybridized carbons (Fsp3) is 0. The van der Waals surface area contributed by atoms with Gasteiger partial charge in [-0.25, -0.2) is 19.9 Å². The quantitative estimate of drug-likeness (QED) is 0.573. The maximum Gasteiger partial charge on any atom is 0.181 e. The SMILES string of the molecule is S.c1cnc2ncncc2n1. The van der Waals surface area contributed by atoms with Crippen LogP contribution >= 0.6 is 13.5 Å².